The first-order chi connectivity index (χ1) is 9.72. The molecule has 1 aliphatic rings. The molecule has 0 spiro atoms. The van der Waals surface area contributed by atoms with Crippen LogP contribution in [0.5, 0.6) is 0 Å². The molecule has 2 aromatic heterocycles. The number of benzene rings is 1. The van der Waals surface area contributed by atoms with Crippen LogP contribution in [0.3, 0.4) is 0 Å². The van der Waals surface area contributed by atoms with E-state index in [4.69, 9.17) is 5.73 Å². The van der Waals surface area contributed by atoms with E-state index in [0.717, 1.165) is 33.5 Å². The zero-order valence-electron chi connectivity index (χ0n) is 11.4. The van der Waals surface area contributed by atoms with Crippen LogP contribution in [0.1, 0.15) is 24.6 Å². The number of nitrogens with zero attached hydrogens (tertiary/aromatic N) is 3. The van der Waals surface area contributed by atoms with Gasteiger partial charge in [0.2, 0.25) is 0 Å². The molecule has 1 aromatic carbocycles. The van der Waals surface area contributed by atoms with E-state index < -0.39 is 0 Å². The molecule has 0 atom stereocenters. The Bertz CT molecular complexity index is 799. The standard InChI is InChI=1S/C16H16N4/c1-10-6-11(4-5-18-10)13-7-15-16(8-14(13)17)20(9-19-15)12-2-3-12/h4-9,12H,2-3,17H2,1H3. The summed E-state index contributed by atoms with van der Waals surface area (Å²) >= 11 is 0. The summed E-state index contributed by atoms with van der Waals surface area (Å²) in [7, 11) is 0. The molecular weight excluding hydrogens is 248 g/mol. The predicted molar refractivity (Wildman–Crippen MR) is 80.4 cm³/mol. The summed E-state index contributed by atoms with van der Waals surface area (Å²) in [5.74, 6) is 0. The maximum atomic E-state index is 6.26. The normalized spacial score (nSPS) is 14.8. The fourth-order valence-electron chi connectivity index (χ4n) is 2.70. The predicted octanol–water partition coefficient (Wildman–Crippen LogP) is 3.32. The number of nitrogens with two attached hydrogens (primary N) is 1. The lowest BCUT2D eigenvalue weighted by molar-refractivity contribution is 0.766. The molecule has 3 aromatic rings. The van der Waals surface area contributed by atoms with Gasteiger partial charge in [-0.2, -0.15) is 0 Å². The molecule has 2 heterocycles. The van der Waals surface area contributed by atoms with Crippen LogP contribution in [0.2, 0.25) is 0 Å². The summed E-state index contributed by atoms with van der Waals surface area (Å²) in [6, 6.07) is 8.79. The number of pyridine rings is 1. The fourth-order valence-corrected chi connectivity index (χ4v) is 2.70. The summed E-state index contributed by atoms with van der Waals surface area (Å²) in [6.07, 6.45) is 6.24. The van der Waals surface area contributed by atoms with Gasteiger partial charge in [0.15, 0.2) is 0 Å². The molecule has 0 amide bonds. The topological polar surface area (TPSA) is 56.7 Å². The van der Waals surface area contributed by atoms with E-state index >= 15 is 0 Å². The van der Waals surface area contributed by atoms with E-state index in [2.05, 4.69) is 26.7 Å². The number of anilines is 1. The molecule has 100 valence electrons. The number of aryl methyl sites for hydroxylation is 1. The third kappa shape index (κ3) is 1.76. The molecule has 0 unspecified atom stereocenters. The molecule has 1 saturated carbocycles. The number of rotatable bonds is 2. The van der Waals surface area contributed by atoms with E-state index in [9.17, 15) is 0 Å². The molecule has 0 saturated heterocycles. The van der Waals surface area contributed by atoms with Gasteiger partial charge in [-0.15, -0.1) is 0 Å². The quantitative estimate of drug-likeness (QED) is 0.722. The Morgan fingerprint density at radius 1 is 1.20 bits per heavy atom. The Morgan fingerprint density at radius 2 is 2.05 bits per heavy atom. The second-order valence-electron chi connectivity index (χ2n) is 5.50. The first-order valence-electron chi connectivity index (χ1n) is 6.91. The largest absolute Gasteiger partial charge is 0.398 e. The highest BCUT2D eigenvalue weighted by Crippen LogP contribution is 2.38. The van der Waals surface area contributed by atoms with Crippen LogP contribution in [0.4, 0.5) is 5.69 Å². The van der Waals surface area contributed by atoms with Crippen LogP contribution in [0, 0.1) is 6.92 Å². The van der Waals surface area contributed by atoms with E-state index in [1.807, 2.05) is 31.6 Å². The van der Waals surface area contributed by atoms with Crippen LogP contribution in [0.25, 0.3) is 22.2 Å². The van der Waals surface area contributed by atoms with Crippen molar-refractivity contribution < 1.29 is 0 Å². The third-order valence-electron chi connectivity index (χ3n) is 3.89. The Balaban J connectivity index is 1.90. The van der Waals surface area contributed by atoms with Crippen molar-refractivity contribution in [3.8, 4) is 11.1 Å². The van der Waals surface area contributed by atoms with Gasteiger partial charge >= 0.3 is 0 Å². The Labute approximate surface area is 117 Å². The number of hydrogen-bond acceptors (Lipinski definition) is 3. The zero-order chi connectivity index (χ0) is 13.7. The van der Waals surface area contributed by atoms with Gasteiger partial charge in [-0.1, -0.05) is 0 Å². The maximum Gasteiger partial charge on any atom is 0.0960 e. The van der Waals surface area contributed by atoms with Crippen molar-refractivity contribution in [2.24, 2.45) is 0 Å². The lowest BCUT2D eigenvalue weighted by Crippen LogP contribution is -1.95. The number of fused-ring (bicyclic) bond motifs is 1. The van der Waals surface area contributed by atoms with Crippen molar-refractivity contribution in [1.82, 2.24) is 14.5 Å². The van der Waals surface area contributed by atoms with Gasteiger partial charge in [0.05, 0.1) is 17.4 Å². The molecule has 0 bridgehead atoms. The number of hydrogen-bond donors (Lipinski definition) is 1. The summed E-state index contributed by atoms with van der Waals surface area (Å²) in [6.45, 7) is 1.99. The van der Waals surface area contributed by atoms with Crippen LogP contribution >= 0.6 is 0 Å². The molecule has 1 aliphatic carbocycles. The van der Waals surface area contributed by atoms with Gasteiger partial charge in [0, 0.05) is 29.2 Å². The van der Waals surface area contributed by atoms with Crippen LogP contribution < -0.4 is 5.73 Å². The summed E-state index contributed by atoms with van der Waals surface area (Å²) in [4.78, 5) is 8.75. The molecule has 0 radical (unpaired) electrons. The van der Waals surface area contributed by atoms with Crippen molar-refractivity contribution in [3.05, 3.63) is 42.5 Å². The first kappa shape index (κ1) is 11.5. The van der Waals surface area contributed by atoms with Gasteiger partial charge < -0.3 is 10.3 Å². The lowest BCUT2D eigenvalue weighted by atomic mass is 10.0. The van der Waals surface area contributed by atoms with Crippen molar-refractivity contribution in [2.45, 2.75) is 25.8 Å². The van der Waals surface area contributed by atoms with Gasteiger partial charge in [0.25, 0.3) is 0 Å². The van der Waals surface area contributed by atoms with Crippen molar-refractivity contribution in [1.29, 1.82) is 0 Å². The third-order valence-corrected chi connectivity index (χ3v) is 3.89. The highest BCUT2D eigenvalue weighted by molar-refractivity contribution is 5.90. The molecule has 2 N–H and O–H groups in total. The number of nitrogen functional groups attached to an aromatic ring is 1. The monoisotopic (exact) mass is 264 g/mol. The minimum absolute atomic E-state index is 0.619. The fraction of sp³-hybridized carbons (Fsp3) is 0.250. The Morgan fingerprint density at radius 3 is 2.80 bits per heavy atom. The number of imidazole rings is 1. The Hall–Kier alpha value is -2.36. The van der Waals surface area contributed by atoms with Crippen LogP contribution in [0.15, 0.2) is 36.8 Å². The van der Waals surface area contributed by atoms with Crippen LogP contribution in [-0.2, 0) is 0 Å². The van der Waals surface area contributed by atoms with Crippen molar-refractivity contribution in [2.75, 3.05) is 5.73 Å². The van der Waals surface area contributed by atoms with Crippen LogP contribution in [-0.4, -0.2) is 14.5 Å². The van der Waals surface area contributed by atoms with E-state index in [0.29, 0.717) is 6.04 Å². The molecule has 4 nitrogen and oxygen atoms in total. The summed E-state index contributed by atoms with van der Waals surface area (Å²) in [5.41, 5.74) is 12.3. The molecule has 0 aliphatic heterocycles. The molecule has 1 fully saturated rings. The minimum Gasteiger partial charge on any atom is -0.398 e. The average molecular weight is 264 g/mol. The van der Waals surface area contributed by atoms with Gasteiger partial charge in [-0.05, 0) is 49.6 Å². The highest BCUT2D eigenvalue weighted by Gasteiger charge is 2.25. The second kappa shape index (κ2) is 4.07. The number of aromatic nitrogens is 3. The van der Waals surface area contributed by atoms with Gasteiger partial charge in [0.1, 0.15) is 0 Å². The second-order valence-corrected chi connectivity index (χ2v) is 5.50. The summed E-state index contributed by atoms with van der Waals surface area (Å²) in [5, 5.41) is 0. The van der Waals surface area contributed by atoms with E-state index in [1.54, 1.807) is 0 Å². The van der Waals surface area contributed by atoms with Crippen molar-refractivity contribution >= 4 is 16.7 Å². The highest BCUT2D eigenvalue weighted by atomic mass is 15.1. The first-order valence-corrected chi connectivity index (χ1v) is 6.91. The lowest BCUT2D eigenvalue weighted by Gasteiger charge is -2.08. The molecule has 20 heavy (non-hydrogen) atoms. The summed E-state index contributed by atoms with van der Waals surface area (Å²) < 4.78 is 2.24. The zero-order valence-corrected chi connectivity index (χ0v) is 11.4. The van der Waals surface area contributed by atoms with Gasteiger partial charge in [-0.25, -0.2) is 4.98 Å². The van der Waals surface area contributed by atoms with E-state index in [1.165, 1.54) is 12.8 Å². The average Bonchev–Trinajstić information content (AvgIpc) is 3.19. The van der Waals surface area contributed by atoms with Crippen molar-refractivity contribution in [3.63, 3.8) is 0 Å². The minimum atomic E-state index is 0.619. The Kier molecular flexibility index (Phi) is 2.33. The smallest absolute Gasteiger partial charge is 0.0960 e. The van der Waals surface area contributed by atoms with Gasteiger partial charge in [-0.3, -0.25) is 4.98 Å². The molecule has 4 rings (SSSR count). The van der Waals surface area contributed by atoms with E-state index in [-0.39, 0.29) is 0 Å². The molecular formula is C16H16N4. The SMILES string of the molecule is Cc1cc(-c2cc3ncn(C4CC4)c3cc2N)ccn1. The maximum absolute atomic E-state index is 6.26. The molecule has 4 heteroatoms.